The molecule has 29 heavy (non-hydrogen) atoms. The molecule has 0 atom stereocenters. The van der Waals surface area contributed by atoms with Gasteiger partial charge in [-0.2, -0.15) is 13.2 Å². The van der Waals surface area contributed by atoms with Crippen LogP contribution in [0.1, 0.15) is 16.1 Å². The van der Waals surface area contributed by atoms with E-state index in [0.29, 0.717) is 6.07 Å². The molecule has 1 aromatic heterocycles. The number of furan rings is 1. The molecule has 6 nitrogen and oxygen atoms in total. The Bertz CT molecular complexity index is 1150. The van der Waals surface area contributed by atoms with E-state index >= 15 is 0 Å². The summed E-state index contributed by atoms with van der Waals surface area (Å²) in [6.07, 6.45) is -3.61. The lowest BCUT2D eigenvalue weighted by Gasteiger charge is -2.15. The number of anilines is 2. The molecule has 0 spiro atoms. The Labute approximate surface area is 168 Å². The summed E-state index contributed by atoms with van der Waals surface area (Å²) in [6, 6.07) is 10.8. The van der Waals surface area contributed by atoms with Crippen LogP contribution in [0.4, 0.5) is 24.5 Å². The highest BCUT2D eigenvalue weighted by Crippen LogP contribution is 2.36. The molecule has 3 aromatic rings. The zero-order chi connectivity index (χ0) is 21.2. The summed E-state index contributed by atoms with van der Waals surface area (Å²) in [5.41, 5.74) is -1.23. The first-order chi connectivity index (χ1) is 13.6. The van der Waals surface area contributed by atoms with Gasteiger partial charge < -0.3 is 9.73 Å². The largest absolute Gasteiger partial charge is 0.459 e. The molecule has 0 bridgehead atoms. The summed E-state index contributed by atoms with van der Waals surface area (Å²) in [5.74, 6) is -0.543. The van der Waals surface area contributed by atoms with Crippen LogP contribution in [0.15, 0.2) is 70.2 Å². The van der Waals surface area contributed by atoms with Gasteiger partial charge in [0.2, 0.25) is 0 Å². The molecule has 2 N–H and O–H groups in total. The van der Waals surface area contributed by atoms with Gasteiger partial charge in [-0.3, -0.25) is 9.52 Å². The number of benzene rings is 2. The van der Waals surface area contributed by atoms with Crippen LogP contribution >= 0.6 is 11.6 Å². The Hall–Kier alpha value is -2.98. The maximum atomic E-state index is 13.2. The third kappa shape index (κ3) is 4.90. The van der Waals surface area contributed by atoms with Crippen LogP contribution in [0.5, 0.6) is 0 Å². The monoisotopic (exact) mass is 444 g/mol. The topological polar surface area (TPSA) is 88.4 Å². The van der Waals surface area contributed by atoms with Crippen molar-refractivity contribution >= 4 is 38.9 Å². The predicted octanol–water partition coefficient (Wildman–Crippen LogP) is 5.00. The molecule has 0 saturated carbocycles. The number of carbonyl (C=O) groups is 1. The van der Waals surface area contributed by atoms with Gasteiger partial charge in [0.25, 0.3) is 15.9 Å². The molecule has 0 saturated heterocycles. The fourth-order valence-electron chi connectivity index (χ4n) is 2.43. The molecule has 1 amide bonds. The second kappa shape index (κ2) is 7.80. The standard InChI is InChI=1S/C18H12ClF3N2O4S/c19-11-6-7-16(14(9-11)18(20,21)22)29(26,27)24-13-4-1-3-12(10-13)23-17(25)15-5-2-8-28-15/h1-10,24H,(H,23,25). The summed E-state index contributed by atoms with van der Waals surface area (Å²) in [5, 5.41) is 2.24. The smallest absolute Gasteiger partial charge is 0.417 e. The van der Waals surface area contributed by atoms with Gasteiger partial charge in [-0.1, -0.05) is 17.7 Å². The summed E-state index contributed by atoms with van der Waals surface area (Å²) >= 11 is 5.58. The van der Waals surface area contributed by atoms with Crippen LogP contribution in [-0.2, 0) is 16.2 Å². The molecule has 0 radical (unpaired) electrons. The lowest BCUT2D eigenvalue weighted by atomic mass is 10.2. The Morgan fingerprint density at radius 1 is 1.00 bits per heavy atom. The molecule has 3 rings (SSSR count). The normalized spacial score (nSPS) is 11.9. The number of nitrogens with one attached hydrogen (secondary N) is 2. The Morgan fingerprint density at radius 3 is 2.38 bits per heavy atom. The number of sulfonamides is 1. The van der Waals surface area contributed by atoms with Crippen LogP contribution in [-0.4, -0.2) is 14.3 Å². The summed E-state index contributed by atoms with van der Waals surface area (Å²) in [7, 11) is -4.59. The SMILES string of the molecule is O=C(Nc1cccc(NS(=O)(=O)c2ccc(Cl)cc2C(F)(F)F)c1)c1ccco1. The molecule has 1 heterocycles. The van der Waals surface area contributed by atoms with Gasteiger partial charge in [0, 0.05) is 10.7 Å². The Kier molecular flexibility index (Phi) is 5.58. The number of alkyl halides is 3. The van der Waals surface area contributed by atoms with E-state index in [1.54, 1.807) is 0 Å². The van der Waals surface area contributed by atoms with E-state index in [-0.39, 0.29) is 22.2 Å². The van der Waals surface area contributed by atoms with Crippen LogP contribution in [0.3, 0.4) is 0 Å². The van der Waals surface area contributed by atoms with Crippen molar-refractivity contribution in [1.29, 1.82) is 0 Å². The van der Waals surface area contributed by atoms with E-state index < -0.39 is 32.6 Å². The van der Waals surface area contributed by atoms with Crippen molar-refractivity contribution in [1.82, 2.24) is 0 Å². The van der Waals surface area contributed by atoms with Crippen molar-refractivity contribution in [2.24, 2.45) is 0 Å². The predicted molar refractivity (Wildman–Crippen MR) is 100 cm³/mol. The molecule has 152 valence electrons. The van der Waals surface area contributed by atoms with Gasteiger partial charge in [0.05, 0.1) is 22.4 Å². The zero-order valence-electron chi connectivity index (χ0n) is 14.3. The summed E-state index contributed by atoms with van der Waals surface area (Å²) < 4.78 is 71.8. The van der Waals surface area contributed by atoms with Crippen LogP contribution in [0, 0.1) is 0 Å². The maximum absolute atomic E-state index is 13.2. The first kappa shape index (κ1) is 20.7. The quantitative estimate of drug-likeness (QED) is 0.579. The van der Waals surface area contributed by atoms with E-state index in [1.165, 1.54) is 42.7 Å². The van der Waals surface area contributed by atoms with Gasteiger partial charge >= 0.3 is 6.18 Å². The van der Waals surface area contributed by atoms with E-state index in [2.05, 4.69) is 10.0 Å². The highest BCUT2D eigenvalue weighted by atomic mass is 35.5. The first-order valence-corrected chi connectivity index (χ1v) is 9.77. The summed E-state index contributed by atoms with van der Waals surface area (Å²) in [6.45, 7) is 0. The number of carbonyl (C=O) groups excluding carboxylic acids is 1. The van der Waals surface area contributed by atoms with Crippen molar-refractivity contribution in [3.05, 3.63) is 77.2 Å². The Balaban J connectivity index is 1.88. The van der Waals surface area contributed by atoms with Crippen LogP contribution in [0.25, 0.3) is 0 Å². The Morgan fingerprint density at radius 2 is 1.72 bits per heavy atom. The van der Waals surface area contributed by atoms with Crippen molar-refractivity contribution < 1.29 is 30.8 Å². The fraction of sp³-hybridized carbons (Fsp3) is 0.0556. The van der Waals surface area contributed by atoms with Gasteiger partial charge in [-0.25, -0.2) is 8.42 Å². The van der Waals surface area contributed by atoms with Crippen molar-refractivity contribution in [2.75, 3.05) is 10.0 Å². The third-order valence-electron chi connectivity index (χ3n) is 3.65. The second-order valence-electron chi connectivity index (χ2n) is 5.76. The average Bonchev–Trinajstić information content (AvgIpc) is 3.15. The lowest BCUT2D eigenvalue weighted by molar-refractivity contribution is -0.139. The van der Waals surface area contributed by atoms with Crippen molar-refractivity contribution in [2.45, 2.75) is 11.1 Å². The minimum absolute atomic E-state index is 0.0342. The molecule has 2 aromatic carbocycles. The maximum Gasteiger partial charge on any atom is 0.417 e. The van der Waals surface area contributed by atoms with Gasteiger partial charge in [0.1, 0.15) is 0 Å². The van der Waals surface area contributed by atoms with Crippen LogP contribution < -0.4 is 10.0 Å². The minimum Gasteiger partial charge on any atom is -0.459 e. The van der Waals surface area contributed by atoms with E-state index in [4.69, 9.17) is 16.0 Å². The molecule has 0 aliphatic carbocycles. The number of rotatable bonds is 5. The van der Waals surface area contributed by atoms with E-state index in [1.807, 2.05) is 0 Å². The van der Waals surface area contributed by atoms with Gasteiger partial charge in [-0.15, -0.1) is 0 Å². The number of hydrogen-bond acceptors (Lipinski definition) is 4. The molecule has 11 heteroatoms. The third-order valence-corrected chi connectivity index (χ3v) is 5.33. The highest BCUT2D eigenvalue weighted by Gasteiger charge is 2.37. The molecule has 0 aliphatic rings. The molecule has 0 unspecified atom stereocenters. The number of amides is 1. The first-order valence-electron chi connectivity index (χ1n) is 7.91. The van der Waals surface area contributed by atoms with Gasteiger partial charge in [-0.05, 0) is 48.5 Å². The average molecular weight is 445 g/mol. The van der Waals surface area contributed by atoms with E-state index in [0.717, 1.165) is 12.1 Å². The molecular formula is C18H12ClF3N2O4S. The molecule has 0 fully saturated rings. The molecular weight excluding hydrogens is 433 g/mol. The summed E-state index contributed by atoms with van der Waals surface area (Å²) in [4.78, 5) is 11.0. The number of hydrogen-bond donors (Lipinski definition) is 2. The van der Waals surface area contributed by atoms with Crippen molar-refractivity contribution in [3.8, 4) is 0 Å². The minimum atomic E-state index is -4.92. The molecule has 0 aliphatic heterocycles. The number of halogens is 4. The zero-order valence-corrected chi connectivity index (χ0v) is 15.9. The van der Waals surface area contributed by atoms with Crippen LogP contribution in [0.2, 0.25) is 5.02 Å². The van der Waals surface area contributed by atoms with E-state index in [9.17, 15) is 26.4 Å². The van der Waals surface area contributed by atoms with Crippen molar-refractivity contribution in [3.63, 3.8) is 0 Å². The fourth-order valence-corrected chi connectivity index (χ4v) is 3.86. The van der Waals surface area contributed by atoms with Gasteiger partial charge in [0.15, 0.2) is 5.76 Å². The second-order valence-corrected chi connectivity index (χ2v) is 7.84. The lowest BCUT2D eigenvalue weighted by Crippen LogP contribution is -2.19. The highest BCUT2D eigenvalue weighted by molar-refractivity contribution is 7.92.